The summed E-state index contributed by atoms with van der Waals surface area (Å²) in [4.78, 5) is 3.84. The Bertz CT molecular complexity index is 144. The normalized spacial score (nSPS) is 9.43. The third-order valence-electron chi connectivity index (χ3n) is 0.687. The first-order valence-corrected chi connectivity index (χ1v) is 2.94. The topological polar surface area (TPSA) is 26.0 Å². The Labute approximate surface area is 55.1 Å². The Morgan fingerprint density at radius 3 is 2.71 bits per heavy atom. The van der Waals surface area contributed by atoms with Crippen molar-refractivity contribution in [2.75, 3.05) is 0 Å². The zero-order chi connectivity index (χ0) is 5.28. The van der Waals surface area contributed by atoms with Gasteiger partial charge in [0.15, 0.2) is 10.2 Å². The molecule has 1 aromatic heterocycles. The van der Waals surface area contributed by atoms with Crippen LogP contribution in [0.5, 0.6) is 0 Å². The molecule has 0 bridgehead atoms. The van der Waals surface area contributed by atoms with Crippen LogP contribution in [0, 0.1) is 10.7 Å². The Morgan fingerprint density at radius 2 is 2.57 bits per heavy atom. The first-order valence-electron chi connectivity index (χ1n) is 1.86. The standard InChI is InChI=1S/C4H4INO/c1-3-4(5)7-2-6-3/h2H,1H3. The highest BCUT2D eigenvalue weighted by atomic mass is 127. The van der Waals surface area contributed by atoms with Crippen molar-refractivity contribution < 1.29 is 4.42 Å². The van der Waals surface area contributed by atoms with Gasteiger partial charge in [0.25, 0.3) is 0 Å². The second-order valence-electron chi connectivity index (χ2n) is 1.21. The second kappa shape index (κ2) is 1.81. The fraction of sp³-hybridized carbons (Fsp3) is 0.250. The number of halogens is 1. The summed E-state index contributed by atoms with van der Waals surface area (Å²) in [6, 6.07) is 0. The van der Waals surface area contributed by atoms with Gasteiger partial charge in [0.1, 0.15) is 0 Å². The van der Waals surface area contributed by atoms with Gasteiger partial charge in [-0.1, -0.05) is 0 Å². The summed E-state index contributed by atoms with van der Waals surface area (Å²) in [5.41, 5.74) is 0.959. The van der Waals surface area contributed by atoms with E-state index in [0.717, 1.165) is 9.46 Å². The molecule has 0 amide bonds. The first kappa shape index (κ1) is 5.08. The molecule has 1 aromatic rings. The highest BCUT2D eigenvalue weighted by Crippen LogP contribution is 2.06. The van der Waals surface area contributed by atoms with Crippen molar-refractivity contribution in [2.24, 2.45) is 0 Å². The zero-order valence-electron chi connectivity index (χ0n) is 3.81. The van der Waals surface area contributed by atoms with E-state index in [1.165, 1.54) is 6.39 Å². The number of rotatable bonds is 0. The summed E-state index contributed by atoms with van der Waals surface area (Å²) < 4.78 is 5.71. The molecule has 0 saturated heterocycles. The van der Waals surface area contributed by atoms with E-state index in [9.17, 15) is 0 Å². The van der Waals surface area contributed by atoms with Gasteiger partial charge >= 0.3 is 0 Å². The molecule has 3 heteroatoms. The molecular weight excluding hydrogens is 205 g/mol. The van der Waals surface area contributed by atoms with Crippen molar-refractivity contribution >= 4 is 22.6 Å². The molecule has 0 aliphatic heterocycles. The van der Waals surface area contributed by atoms with Gasteiger partial charge in [0.05, 0.1) is 5.69 Å². The highest BCUT2D eigenvalue weighted by Gasteiger charge is 1.93. The molecule has 0 fully saturated rings. The zero-order valence-corrected chi connectivity index (χ0v) is 5.97. The van der Waals surface area contributed by atoms with Crippen molar-refractivity contribution in [3.8, 4) is 0 Å². The van der Waals surface area contributed by atoms with Gasteiger partial charge in [-0.2, -0.15) is 0 Å². The third kappa shape index (κ3) is 0.933. The van der Waals surface area contributed by atoms with E-state index in [2.05, 4.69) is 27.6 Å². The van der Waals surface area contributed by atoms with Crippen LogP contribution in [-0.2, 0) is 0 Å². The highest BCUT2D eigenvalue weighted by molar-refractivity contribution is 14.1. The van der Waals surface area contributed by atoms with Crippen LogP contribution in [0.3, 0.4) is 0 Å². The number of aryl methyl sites for hydroxylation is 1. The Balaban J connectivity index is 3.12. The molecule has 0 aliphatic carbocycles. The van der Waals surface area contributed by atoms with Gasteiger partial charge in [-0.15, -0.1) is 0 Å². The molecule has 1 heterocycles. The minimum atomic E-state index is 0.873. The van der Waals surface area contributed by atoms with E-state index in [4.69, 9.17) is 4.42 Å². The van der Waals surface area contributed by atoms with Crippen molar-refractivity contribution in [3.63, 3.8) is 0 Å². The number of hydrogen-bond donors (Lipinski definition) is 0. The Hall–Kier alpha value is -0.0600. The van der Waals surface area contributed by atoms with Crippen molar-refractivity contribution in [2.45, 2.75) is 6.92 Å². The molecule has 1 rings (SSSR count). The van der Waals surface area contributed by atoms with E-state index < -0.39 is 0 Å². The predicted octanol–water partition coefficient (Wildman–Crippen LogP) is 1.59. The summed E-state index contributed by atoms with van der Waals surface area (Å²) >= 11 is 2.09. The largest absolute Gasteiger partial charge is 0.437 e. The van der Waals surface area contributed by atoms with Crippen LogP contribution in [0.1, 0.15) is 5.69 Å². The first-order chi connectivity index (χ1) is 3.30. The van der Waals surface area contributed by atoms with E-state index in [1.807, 2.05) is 6.92 Å². The molecule has 38 valence electrons. The van der Waals surface area contributed by atoms with Crippen LogP contribution < -0.4 is 0 Å². The molecule has 0 radical (unpaired) electrons. The van der Waals surface area contributed by atoms with Gasteiger partial charge in [-0.05, 0) is 6.92 Å². The molecule has 0 aliphatic rings. The van der Waals surface area contributed by atoms with Gasteiger partial charge in [-0.25, -0.2) is 4.98 Å². The quantitative estimate of drug-likeness (QED) is 0.606. The monoisotopic (exact) mass is 209 g/mol. The maximum absolute atomic E-state index is 4.84. The summed E-state index contributed by atoms with van der Waals surface area (Å²) in [6.45, 7) is 1.91. The van der Waals surface area contributed by atoms with Crippen molar-refractivity contribution in [1.29, 1.82) is 0 Å². The fourth-order valence-electron chi connectivity index (χ4n) is 0.288. The third-order valence-corrected chi connectivity index (χ3v) is 1.72. The van der Waals surface area contributed by atoms with Gasteiger partial charge in [-0.3, -0.25) is 0 Å². The van der Waals surface area contributed by atoms with Crippen LogP contribution in [0.25, 0.3) is 0 Å². The lowest BCUT2D eigenvalue weighted by Crippen LogP contribution is -1.68. The summed E-state index contributed by atoms with van der Waals surface area (Å²) in [7, 11) is 0. The maximum Gasteiger partial charge on any atom is 0.186 e. The van der Waals surface area contributed by atoms with Crippen LogP contribution in [0.2, 0.25) is 0 Å². The van der Waals surface area contributed by atoms with E-state index in [-0.39, 0.29) is 0 Å². The molecule has 0 saturated carbocycles. The molecule has 2 nitrogen and oxygen atoms in total. The van der Waals surface area contributed by atoms with Crippen molar-refractivity contribution in [1.82, 2.24) is 4.98 Å². The van der Waals surface area contributed by atoms with Crippen molar-refractivity contribution in [3.05, 3.63) is 15.9 Å². The Morgan fingerprint density at radius 1 is 1.86 bits per heavy atom. The lowest BCUT2D eigenvalue weighted by molar-refractivity contribution is 0.529. The number of nitrogens with zero attached hydrogens (tertiary/aromatic N) is 1. The molecular formula is C4H4INO. The number of oxazole rings is 1. The van der Waals surface area contributed by atoms with Gasteiger partial charge in [0.2, 0.25) is 0 Å². The lowest BCUT2D eigenvalue weighted by Gasteiger charge is -1.74. The molecule has 0 aromatic carbocycles. The maximum atomic E-state index is 4.84. The van der Waals surface area contributed by atoms with Gasteiger partial charge < -0.3 is 4.42 Å². The minimum Gasteiger partial charge on any atom is -0.437 e. The smallest absolute Gasteiger partial charge is 0.186 e. The Kier molecular flexibility index (Phi) is 1.32. The summed E-state index contributed by atoms with van der Waals surface area (Å²) in [5.74, 6) is 0. The van der Waals surface area contributed by atoms with E-state index in [0.29, 0.717) is 0 Å². The molecule has 0 atom stereocenters. The van der Waals surface area contributed by atoms with Crippen LogP contribution in [0.4, 0.5) is 0 Å². The predicted molar refractivity (Wildman–Crippen MR) is 34.0 cm³/mol. The lowest BCUT2D eigenvalue weighted by atomic mass is 10.6. The fourth-order valence-corrected chi connectivity index (χ4v) is 0.541. The molecule has 0 spiro atoms. The number of hydrogen-bond acceptors (Lipinski definition) is 2. The average molecular weight is 209 g/mol. The van der Waals surface area contributed by atoms with Crippen LogP contribution in [-0.4, -0.2) is 4.98 Å². The minimum absolute atomic E-state index is 0.873. The van der Waals surface area contributed by atoms with E-state index in [1.54, 1.807) is 0 Å². The SMILES string of the molecule is Cc1ncoc1I. The summed E-state index contributed by atoms with van der Waals surface area (Å²) in [6.07, 6.45) is 1.44. The van der Waals surface area contributed by atoms with E-state index >= 15 is 0 Å². The average Bonchev–Trinajstić information content (AvgIpc) is 1.91. The molecule has 0 N–H and O–H groups in total. The molecule has 0 unspecified atom stereocenters. The molecule has 7 heavy (non-hydrogen) atoms. The van der Waals surface area contributed by atoms with Crippen LogP contribution in [0.15, 0.2) is 10.8 Å². The van der Waals surface area contributed by atoms with Gasteiger partial charge in [0, 0.05) is 22.6 Å². The number of aromatic nitrogens is 1. The summed E-state index contributed by atoms with van der Waals surface area (Å²) in [5, 5.41) is 0. The second-order valence-corrected chi connectivity index (χ2v) is 2.19. The van der Waals surface area contributed by atoms with Crippen LogP contribution >= 0.6 is 22.6 Å².